The minimum atomic E-state index is -0.231. The molecule has 1 N–H and O–H groups in total. The molecule has 19 heavy (non-hydrogen) atoms. The van der Waals surface area contributed by atoms with Gasteiger partial charge in [0.15, 0.2) is 11.6 Å². The quantitative estimate of drug-likeness (QED) is 0.881. The van der Waals surface area contributed by atoms with Gasteiger partial charge >= 0.3 is 0 Å². The molecule has 0 aliphatic heterocycles. The number of aromatic nitrogens is 1. The van der Waals surface area contributed by atoms with Gasteiger partial charge in [-0.25, -0.2) is 9.37 Å². The van der Waals surface area contributed by atoms with Crippen LogP contribution < -0.4 is 10.2 Å². The summed E-state index contributed by atoms with van der Waals surface area (Å²) in [6, 6.07) is 5.84. The first kappa shape index (κ1) is 14.0. The van der Waals surface area contributed by atoms with E-state index in [4.69, 9.17) is 0 Å². The van der Waals surface area contributed by atoms with Crippen molar-refractivity contribution < 1.29 is 4.39 Å². The normalized spacial score (nSPS) is 10.7. The Bertz CT molecular complexity index is 513. The van der Waals surface area contributed by atoms with Crippen molar-refractivity contribution in [3.8, 4) is 0 Å². The van der Waals surface area contributed by atoms with Crippen molar-refractivity contribution in [1.82, 2.24) is 10.3 Å². The van der Waals surface area contributed by atoms with Crippen LogP contribution in [0.5, 0.6) is 0 Å². The number of nitrogens with one attached hydrogen (secondary N) is 1. The molecule has 102 valence electrons. The Morgan fingerprint density at radius 2 is 2.26 bits per heavy atom. The SMILES string of the molecule is CNCc1ccnc(N(C)CCc2cccs2)c1F. The van der Waals surface area contributed by atoms with E-state index in [0.29, 0.717) is 17.9 Å². The van der Waals surface area contributed by atoms with Crippen molar-refractivity contribution >= 4 is 17.2 Å². The second-order valence-electron chi connectivity index (χ2n) is 4.39. The fraction of sp³-hybridized carbons (Fsp3) is 0.357. The van der Waals surface area contributed by atoms with Crippen molar-refractivity contribution in [2.45, 2.75) is 13.0 Å². The van der Waals surface area contributed by atoms with Crippen LogP contribution in [0.2, 0.25) is 0 Å². The molecule has 0 radical (unpaired) electrons. The van der Waals surface area contributed by atoms with E-state index in [1.54, 1.807) is 30.6 Å². The first-order chi connectivity index (χ1) is 9.22. The zero-order valence-electron chi connectivity index (χ0n) is 11.2. The molecular formula is C14H18FN3S. The molecule has 0 unspecified atom stereocenters. The largest absolute Gasteiger partial charge is 0.357 e. The summed E-state index contributed by atoms with van der Waals surface area (Å²) in [5.74, 6) is 0.190. The van der Waals surface area contributed by atoms with Crippen LogP contribution in [0.3, 0.4) is 0 Å². The van der Waals surface area contributed by atoms with Crippen LogP contribution in [-0.2, 0) is 13.0 Å². The average Bonchev–Trinajstić information content (AvgIpc) is 2.92. The maximum absolute atomic E-state index is 14.2. The summed E-state index contributed by atoms with van der Waals surface area (Å²) in [6.07, 6.45) is 2.57. The van der Waals surface area contributed by atoms with Gasteiger partial charge in [-0.1, -0.05) is 6.07 Å². The Balaban J connectivity index is 2.06. The summed E-state index contributed by atoms with van der Waals surface area (Å²) in [5, 5.41) is 5.02. The van der Waals surface area contributed by atoms with Gasteiger partial charge in [0.1, 0.15) is 0 Å². The van der Waals surface area contributed by atoms with Gasteiger partial charge in [0, 0.05) is 36.8 Å². The molecule has 0 aliphatic rings. The molecule has 0 aromatic carbocycles. The molecule has 2 aromatic heterocycles. The molecular weight excluding hydrogens is 261 g/mol. The Kier molecular flexibility index (Phi) is 4.87. The van der Waals surface area contributed by atoms with Gasteiger partial charge in [-0.05, 0) is 31.0 Å². The molecule has 0 fully saturated rings. The highest BCUT2D eigenvalue weighted by molar-refractivity contribution is 7.09. The lowest BCUT2D eigenvalue weighted by atomic mass is 10.2. The molecule has 0 amide bonds. The highest BCUT2D eigenvalue weighted by Gasteiger charge is 2.12. The number of nitrogens with zero attached hydrogens (tertiary/aromatic N) is 2. The molecule has 2 aromatic rings. The molecule has 0 atom stereocenters. The Hall–Kier alpha value is -1.46. The molecule has 0 saturated carbocycles. The second-order valence-corrected chi connectivity index (χ2v) is 5.42. The zero-order chi connectivity index (χ0) is 13.7. The lowest BCUT2D eigenvalue weighted by Crippen LogP contribution is -2.23. The fourth-order valence-corrected chi connectivity index (χ4v) is 2.60. The van der Waals surface area contributed by atoms with Crippen LogP contribution >= 0.6 is 11.3 Å². The van der Waals surface area contributed by atoms with Crippen LogP contribution in [0.1, 0.15) is 10.4 Å². The van der Waals surface area contributed by atoms with Crippen LogP contribution in [0.4, 0.5) is 10.2 Å². The molecule has 0 aliphatic carbocycles. The third-order valence-electron chi connectivity index (χ3n) is 2.95. The zero-order valence-corrected chi connectivity index (χ0v) is 12.0. The van der Waals surface area contributed by atoms with Gasteiger partial charge in [-0.3, -0.25) is 0 Å². The average molecular weight is 279 g/mol. The Morgan fingerprint density at radius 3 is 2.95 bits per heavy atom. The molecule has 2 rings (SSSR count). The van der Waals surface area contributed by atoms with Crippen LogP contribution in [0.15, 0.2) is 29.8 Å². The van der Waals surface area contributed by atoms with Crippen LogP contribution in [0.25, 0.3) is 0 Å². The molecule has 0 spiro atoms. The summed E-state index contributed by atoms with van der Waals surface area (Å²) < 4.78 is 14.2. The van der Waals surface area contributed by atoms with Gasteiger partial charge in [-0.15, -0.1) is 11.3 Å². The summed E-state index contributed by atoms with van der Waals surface area (Å²) in [5.41, 5.74) is 0.649. The number of hydrogen-bond donors (Lipinski definition) is 1. The molecule has 3 nitrogen and oxygen atoms in total. The van der Waals surface area contributed by atoms with Crippen molar-refractivity contribution in [3.63, 3.8) is 0 Å². The topological polar surface area (TPSA) is 28.2 Å². The summed E-state index contributed by atoms with van der Waals surface area (Å²) in [7, 11) is 3.68. The van der Waals surface area contributed by atoms with E-state index in [1.165, 1.54) is 4.88 Å². The Morgan fingerprint density at radius 1 is 1.42 bits per heavy atom. The van der Waals surface area contributed by atoms with Gasteiger partial charge in [0.25, 0.3) is 0 Å². The summed E-state index contributed by atoms with van der Waals surface area (Å²) >= 11 is 1.72. The van der Waals surface area contributed by atoms with E-state index < -0.39 is 0 Å². The highest BCUT2D eigenvalue weighted by atomic mass is 32.1. The highest BCUT2D eigenvalue weighted by Crippen LogP contribution is 2.19. The molecule has 5 heteroatoms. The van der Waals surface area contributed by atoms with Crippen molar-refractivity contribution in [2.24, 2.45) is 0 Å². The maximum Gasteiger partial charge on any atom is 0.170 e. The number of anilines is 1. The fourth-order valence-electron chi connectivity index (χ4n) is 1.90. The van der Waals surface area contributed by atoms with Crippen molar-refractivity contribution in [1.29, 1.82) is 0 Å². The van der Waals surface area contributed by atoms with E-state index in [9.17, 15) is 4.39 Å². The van der Waals surface area contributed by atoms with Gasteiger partial charge < -0.3 is 10.2 Å². The number of hydrogen-bond acceptors (Lipinski definition) is 4. The Labute approximate surface area is 117 Å². The van der Waals surface area contributed by atoms with Crippen molar-refractivity contribution in [3.05, 3.63) is 46.0 Å². The molecule has 0 saturated heterocycles. The third-order valence-corrected chi connectivity index (χ3v) is 3.89. The van der Waals surface area contributed by atoms with Gasteiger partial charge in [0.05, 0.1) is 0 Å². The number of thiophene rings is 1. The van der Waals surface area contributed by atoms with E-state index in [-0.39, 0.29) is 5.82 Å². The van der Waals surface area contributed by atoms with Gasteiger partial charge in [-0.2, -0.15) is 0 Å². The predicted molar refractivity (Wildman–Crippen MR) is 78.3 cm³/mol. The lowest BCUT2D eigenvalue weighted by Gasteiger charge is -2.19. The third kappa shape index (κ3) is 3.52. The number of likely N-dealkylation sites (N-methyl/N-ethyl adjacent to an activating group) is 1. The van der Waals surface area contributed by atoms with E-state index >= 15 is 0 Å². The summed E-state index contributed by atoms with van der Waals surface area (Å²) in [6.45, 7) is 1.27. The van der Waals surface area contributed by atoms with Crippen LogP contribution in [-0.4, -0.2) is 25.6 Å². The first-order valence-corrected chi connectivity index (χ1v) is 7.12. The molecule has 0 bridgehead atoms. The summed E-state index contributed by atoms with van der Waals surface area (Å²) in [4.78, 5) is 7.32. The number of rotatable bonds is 6. The maximum atomic E-state index is 14.2. The van der Waals surface area contributed by atoms with E-state index in [2.05, 4.69) is 21.7 Å². The predicted octanol–water partition coefficient (Wildman–Crippen LogP) is 2.68. The molecule has 2 heterocycles. The minimum Gasteiger partial charge on any atom is -0.357 e. The monoisotopic (exact) mass is 279 g/mol. The second kappa shape index (κ2) is 6.63. The smallest absolute Gasteiger partial charge is 0.170 e. The van der Waals surface area contributed by atoms with Gasteiger partial charge in [0.2, 0.25) is 0 Å². The van der Waals surface area contributed by atoms with E-state index in [0.717, 1.165) is 13.0 Å². The number of pyridine rings is 1. The van der Waals surface area contributed by atoms with Crippen LogP contribution in [0, 0.1) is 5.82 Å². The standard InChI is InChI=1S/C14H18FN3S/c1-16-10-11-5-7-17-14(13(11)15)18(2)8-6-12-4-3-9-19-12/h3-5,7,9,16H,6,8,10H2,1-2H3. The van der Waals surface area contributed by atoms with Crippen molar-refractivity contribution in [2.75, 3.05) is 25.5 Å². The minimum absolute atomic E-state index is 0.231. The lowest BCUT2D eigenvalue weighted by molar-refractivity contribution is 0.589. The number of halogens is 1. The first-order valence-electron chi connectivity index (χ1n) is 6.24. The van der Waals surface area contributed by atoms with E-state index in [1.807, 2.05) is 18.0 Å².